The first kappa shape index (κ1) is 14.3. The van der Waals surface area contributed by atoms with Gasteiger partial charge in [0.1, 0.15) is 5.75 Å². The van der Waals surface area contributed by atoms with Crippen molar-refractivity contribution in [1.82, 2.24) is 0 Å². The highest BCUT2D eigenvalue weighted by Crippen LogP contribution is 2.19. The van der Waals surface area contributed by atoms with Gasteiger partial charge in [0.15, 0.2) is 5.76 Å². The number of aryl methyl sites for hydroxylation is 1. The van der Waals surface area contributed by atoms with E-state index in [-0.39, 0.29) is 5.76 Å². The molecule has 2 N–H and O–H groups in total. The molecule has 0 radical (unpaired) electrons. The van der Waals surface area contributed by atoms with Gasteiger partial charge in [0.2, 0.25) is 0 Å². The van der Waals surface area contributed by atoms with Crippen molar-refractivity contribution in [3.05, 3.63) is 69.9 Å². The van der Waals surface area contributed by atoms with Crippen LogP contribution in [0.2, 0.25) is 0 Å². The molecule has 2 rings (SSSR count). The molecule has 1 amide bonds. The average Bonchev–Trinajstić information content (AvgIpc) is 2.42. The number of primary amides is 1. The Hall–Kier alpha value is -2.07. The number of carbonyl (C=O) groups is 1. The standard InChI is InChI=1S/C16H14BrNO2/c1-11-2-4-12(5-3-11)10-15(16(18)19)20-14-8-6-13(17)7-9-14/h2-10H,1H3,(H2,18,19)/b15-10-. The highest BCUT2D eigenvalue weighted by atomic mass is 79.9. The summed E-state index contributed by atoms with van der Waals surface area (Å²) in [5.41, 5.74) is 7.36. The second-order valence-electron chi connectivity index (χ2n) is 4.34. The third-order valence-corrected chi connectivity index (χ3v) is 3.19. The van der Waals surface area contributed by atoms with Gasteiger partial charge in [0.05, 0.1) is 0 Å². The molecule has 2 aromatic rings. The first-order valence-corrected chi connectivity index (χ1v) is 6.85. The van der Waals surface area contributed by atoms with Crippen LogP contribution in [0.5, 0.6) is 5.75 Å². The lowest BCUT2D eigenvalue weighted by molar-refractivity contribution is -0.116. The van der Waals surface area contributed by atoms with Crippen LogP contribution in [0.1, 0.15) is 11.1 Å². The van der Waals surface area contributed by atoms with E-state index in [1.165, 1.54) is 0 Å². The molecule has 102 valence electrons. The Labute approximate surface area is 126 Å². The lowest BCUT2D eigenvalue weighted by Crippen LogP contribution is -2.18. The summed E-state index contributed by atoms with van der Waals surface area (Å²) in [6.07, 6.45) is 1.63. The maximum absolute atomic E-state index is 11.5. The van der Waals surface area contributed by atoms with E-state index in [0.717, 1.165) is 15.6 Å². The SMILES string of the molecule is Cc1ccc(/C=C(\Oc2ccc(Br)cc2)C(N)=O)cc1. The molecule has 0 atom stereocenters. The highest BCUT2D eigenvalue weighted by molar-refractivity contribution is 9.10. The fourth-order valence-electron chi connectivity index (χ4n) is 1.59. The Morgan fingerprint density at radius 1 is 1.10 bits per heavy atom. The maximum atomic E-state index is 11.5. The minimum Gasteiger partial charge on any atom is -0.452 e. The predicted octanol–water partition coefficient (Wildman–Crippen LogP) is 3.66. The van der Waals surface area contributed by atoms with E-state index in [4.69, 9.17) is 10.5 Å². The van der Waals surface area contributed by atoms with Crippen molar-refractivity contribution in [2.45, 2.75) is 6.92 Å². The van der Waals surface area contributed by atoms with E-state index in [2.05, 4.69) is 15.9 Å². The summed E-state index contributed by atoms with van der Waals surface area (Å²) in [6.45, 7) is 2.00. The third kappa shape index (κ3) is 3.96. The molecular weight excluding hydrogens is 318 g/mol. The minimum absolute atomic E-state index is 0.108. The molecule has 0 unspecified atom stereocenters. The first-order chi connectivity index (χ1) is 9.54. The number of benzene rings is 2. The van der Waals surface area contributed by atoms with Gasteiger partial charge in [-0.3, -0.25) is 4.79 Å². The molecule has 0 fully saturated rings. The van der Waals surface area contributed by atoms with Crippen LogP contribution < -0.4 is 10.5 Å². The molecule has 20 heavy (non-hydrogen) atoms. The van der Waals surface area contributed by atoms with E-state index in [9.17, 15) is 4.79 Å². The van der Waals surface area contributed by atoms with Crippen LogP contribution in [0.4, 0.5) is 0 Å². The van der Waals surface area contributed by atoms with Crippen LogP contribution in [0.15, 0.2) is 58.8 Å². The van der Waals surface area contributed by atoms with E-state index in [1.54, 1.807) is 18.2 Å². The van der Waals surface area contributed by atoms with E-state index < -0.39 is 5.91 Å². The second kappa shape index (κ2) is 6.39. The molecule has 0 heterocycles. The number of amides is 1. The van der Waals surface area contributed by atoms with Crippen molar-refractivity contribution in [3.8, 4) is 5.75 Å². The van der Waals surface area contributed by atoms with E-state index >= 15 is 0 Å². The van der Waals surface area contributed by atoms with Crippen molar-refractivity contribution >= 4 is 27.9 Å². The molecule has 0 aliphatic rings. The maximum Gasteiger partial charge on any atom is 0.284 e. The number of carbonyl (C=O) groups excluding carboxylic acids is 1. The average molecular weight is 332 g/mol. The second-order valence-corrected chi connectivity index (χ2v) is 5.26. The summed E-state index contributed by atoms with van der Waals surface area (Å²) in [6, 6.07) is 14.9. The largest absolute Gasteiger partial charge is 0.452 e. The molecule has 0 spiro atoms. The van der Waals surface area contributed by atoms with Crippen LogP contribution in [-0.2, 0) is 4.79 Å². The third-order valence-electron chi connectivity index (χ3n) is 2.66. The molecule has 0 aliphatic heterocycles. The first-order valence-electron chi connectivity index (χ1n) is 6.06. The Morgan fingerprint density at radius 3 is 2.25 bits per heavy atom. The van der Waals surface area contributed by atoms with Gasteiger partial charge in [-0.15, -0.1) is 0 Å². The van der Waals surface area contributed by atoms with Gasteiger partial charge in [-0.2, -0.15) is 0 Å². The molecule has 0 saturated carbocycles. The zero-order valence-electron chi connectivity index (χ0n) is 11.0. The normalized spacial score (nSPS) is 11.2. The number of ether oxygens (including phenoxy) is 1. The highest BCUT2D eigenvalue weighted by Gasteiger charge is 2.08. The Balaban J connectivity index is 2.25. The lowest BCUT2D eigenvalue weighted by Gasteiger charge is -2.07. The van der Waals surface area contributed by atoms with Crippen molar-refractivity contribution < 1.29 is 9.53 Å². The predicted molar refractivity (Wildman–Crippen MR) is 83.1 cm³/mol. The zero-order valence-corrected chi connectivity index (χ0v) is 12.6. The summed E-state index contributed by atoms with van der Waals surface area (Å²) in [5, 5.41) is 0. The van der Waals surface area contributed by atoms with Crippen molar-refractivity contribution in [2.75, 3.05) is 0 Å². The van der Waals surface area contributed by atoms with Crippen LogP contribution in [0.25, 0.3) is 6.08 Å². The zero-order chi connectivity index (χ0) is 14.5. The minimum atomic E-state index is -0.603. The van der Waals surface area contributed by atoms with Crippen LogP contribution in [-0.4, -0.2) is 5.91 Å². The number of hydrogen-bond donors (Lipinski definition) is 1. The van der Waals surface area contributed by atoms with Crippen molar-refractivity contribution in [3.63, 3.8) is 0 Å². The molecule has 0 aromatic heterocycles. The van der Waals surface area contributed by atoms with Gasteiger partial charge in [-0.05, 0) is 42.8 Å². The summed E-state index contributed by atoms with van der Waals surface area (Å²) in [5.74, 6) is 0.0648. The quantitative estimate of drug-likeness (QED) is 0.686. The molecule has 4 heteroatoms. The van der Waals surface area contributed by atoms with Gasteiger partial charge in [-0.1, -0.05) is 45.8 Å². The van der Waals surface area contributed by atoms with Gasteiger partial charge >= 0.3 is 0 Å². The fourth-order valence-corrected chi connectivity index (χ4v) is 1.86. The van der Waals surface area contributed by atoms with E-state index in [0.29, 0.717) is 5.75 Å². The summed E-state index contributed by atoms with van der Waals surface area (Å²) in [7, 11) is 0. The number of rotatable bonds is 4. The van der Waals surface area contributed by atoms with Crippen molar-refractivity contribution in [1.29, 1.82) is 0 Å². The Morgan fingerprint density at radius 2 is 1.70 bits per heavy atom. The van der Waals surface area contributed by atoms with Gasteiger partial charge in [0, 0.05) is 4.47 Å². The summed E-state index contributed by atoms with van der Waals surface area (Å²) < 4.78 is 6.47. The van der Waals surface area contributed by atoms with Gasteiger partial charge in [0.25, 0.3) is 5.91 Å². The smallest absolute Gasteiger partial charge is 0.284 e. The number of hydrogen-bond acceptors (Lipinski definition) is 2. The van der Waals surface area contributed by atoms with Crippen LogP contribution in [0, 0.1) is 6.92 Å². The molecular formula is C16H14BrNO2. The Kier molecular flexibility index (Phi) is 4.58. The monoisotopic (exact) mass is 331 g/mol. The van der Waals surface area contributed by atoms with Gasteiger partial charge in [-0.25, -0.2) is 0 Å². The Bertz CT molecular complexity index is 631. The number of nitrogens with two attached hydrogens (primary N) is 1. The summed E-state index contributed by atoms with van der Waals surface area (Å²) in [4.78, 5) is 11.5. The molecule has 3 nitrogen and oxygen atoms in total. The molecule has 0 aliphatic carbocycles. The molecule has 0 saturated heterocycles. The van der Waals surface area contributed by atoms with Crippen molar-refractivity contribution in [2.24, 2.45) is 5.73 Å². The summed E-state index contributed by atoms with van der Waals surface area (Å²) >= 11 is 3.34. The molecule has 2 aromatic carbocycles. The van der Waals surface area contributed by atoms with Gasteiger partial charge < -0.3 is 10.5 Å². The van der Waals surface area contributed by atoms with E-state index in [1.807, 2.05) is 43.3 Å². The number of halogens is 1. The van der Waals surface area contributed by atoms with Crippen LogP contribution in [0.3, 0.4) is 0 Å². The molecule has 0 bridgehead atoms. The topological polar surface area (TPSA) is 52.3 Å². The fraction of sp³-hybridized carbons (Fsp3) is 0.0625. The van der Waals surface area contributed by atoms with Crippen LogP contribution >= 0.6 is 15.9 Å². The lowest BCUT2D eigenvalue weighted by atomic mass is 10.1.